The molecule has 0 aliphatic carbocycles. The summed E-state index contributed by atoms with van der Waals surface area (Å²) in [4.78, 5) is 13.0. The monoisotopic (exact) mass is 332 g/mol. The Morgan fingerprint density at radius 2 is 2.13 bits per heavy atom. The molecule has 4 nitrogen and oxygen atoms in total. The SMILES string of the molecule is C[NH+](CC(=O)Nc1ccc(C#N)c(Cl)c1)Cc1cccc(F)c1. The lowest BCUT2D eigenvalue weighted by molar-refractivity contribution is -0.885. The zero-order chi connectivity index (χ0) is 16.8. The lowest BCUT2D eigenvalue weighted by Gasteiger charge is -2.14. The van der Waals surface area contributed by atoms with E-state index in [1.165, 1.54) is 12.1 Å². The van der Waals surface area contributed by atoms with Crippen molar-refractivity contribution in [3.05, 3.63) is 64.4 Å². The summed E-state index contributed by atoms with van der Waals surface area (Å²) in [5.41, 5.74) is 1.73. The molecule has 0 aliphatic rings. The van der Waals surface area contributed by atoms with Crippen molar-refractivity contribution in [1.29, 1.82) is 5.26 Å². The fourth-order valence-electron chi connectivity index (χ4n) is 2.22. The molecule has 0 aromatic heterocycles. The smallest absolute Gasteiger partial charge is 0.279 e. The minimum absolute atomic E-state index is 0.181. The molecule has 0 bridgehead atoms. The number of carbonyl (C=O) groups is 1. The molecule has 118 valence electrons. The molecule has 0 saturated heterocycles. The van der Waals surface area contributed by atoms with Gasteiger partial charge in [-0.2, -0.15) is 5.26 Å². The molecule has 2 rings (SSSR count). The Kier molecular flexibility index (Phi) is 5.69. The minimum atomic E-state index is -0.285. The van der Waals surface area contributed by atoms with Crippen LogP contribution < -0.4 is 10.2 Å². The Hall–Kier alpha value is -2.42. The topological polar surface area (TPSA) is 57.3 Å². The highest BCUT2D eigenvalue weighted by atomic mass is 35.5. The first-order valence-electron chi connectivity index (χ1n) is 7.03. The number of carbonyl (C=O) groups excluding carboxylic acids is 1. The van der Waals surface area contributed by atoms with Crippen molar-refractivity contribution in [2.75, 3.05) is 18.9 Å². The van der Waals surface area contributed by atoms with Crippen LogP contribution in [-0.2, 0) is 11.3 Å². The van der Waals surface area contributed by atoms with Crippen LogP contribution in [0.5, 0.6) is 0 Å². The van der Waals surface area contributed by atoms with Gasteiger partial charge in [0.25, 0.3) is 5.91 Å². The highest BCUT2D eigenvalue weighted by Crippen LogP contribution is 2.19. The van der Waals surface area contributed by atoms with Crippen molar-refractivity contribution in [2.45, 2.75) is 6.54 Å². The van der Waals surface area contributed by atoms with Gasteiger partial charge >= 0.3 is 0 Å². The van der Waals surface area contributed by atoms with Crippen LogP contribution in [0.3, 0.4) is 0 Å². The van der Waals surface area contributed by atoms with Gasteiger partial charge in [0, 0.05) is 11.3 Å². The predicted octanol–water partition coefficient (Wildman–Crippen LogP) is 2.00. The van der Waals surface area contributed by atoms with Crippen molar-refractivity contribution >= 4 is 23.2 Å². The summed E-state index contributed by atoms with van der Waals surface area (Å²) in [6.07, 6.45) is 0. The largest absolute Gasteiger partial charge is 0.326 e. The first kappa shape index (κ1) is 16.9. The van der Waals surface area contributed by atoms with Gasteiger partial charge in [0.15, 0.2) is 6.54 Å². The Bertz CT molecular complexity index is 758. The van der Waals surface area contributed by atoms with Crippen molar-refractivity contribution in [3.63, 3.8) is 0 Å². The number of likely N-dealkylation sites (N-methyl/N-ethyl adjacent to an activating group) is 1. The third-order valence-corrected chi connectivity index (χ3v) is 3.54. The van der Waals surface area contributed by atoms with E-state index in [0.29, 0.717) is 22.8 Å². The molecule has 1 amide bonds. The van der Waals surface area contributed by atoms with E-state index in [0.717, 1.165) is 10.5 Å². The fraction of sp³-hybridized carbons (Fsp3) is 0.176. The molecule has 1 unspecified atom stereocenters. The van der Waals surface area contributed by atoms with E-state index in [-0.39, 0.29) is 18.3 Å². The molecule has 2 N–H and O–H groups in total. The Morgan fingerprint density at radius 1 is 1.35 bits per heavy atom. The minimum Gasteiger partial charge on any atom is -0.326 e. The molecule has 23 heavy (non-hydrogen) atoms. The van der Waals surface area contributed by atoms with Crippen LogP contribution in [0.1, 0.15) is 11.1 Å². The normalized spacial score (nSPS) is 11.6. The van der Waals surface area contributed by atoms with Crippen LogP contribution in [0.15, 0.2) is 42.5 Å². The van der Waals surface area contributed by atoms with Crippen molar-refractivity contribution < 1.29 is 14.1 Å². The Morgan fingerprint density at radius 3 is 2.78 bits per heavy atom. The third-order valence-electron chi connectivity index (χ3n) is 3.23. The van der Waals surface area contributed by atoms with Crippen LogP contribution in [0, 0.1) is 17.1 Å². The lowest BCUT2D eigenvalue weighted by atomic mass is 10.2. The van der Waals surface area contributed by atoms with E-state index in [1.54, 1.807) is 24.3 Å². The summed E-state index contributed by atoms with van der Waals surface area (Å²) < 4.78 is 13.1. The molecule has 0 aliphatic heterocycles. The molecule has 1 atom stereocenters. The number of quaternary nitrogens is 1. The van der Waals surface area contributed by atoms with Gasteiger partial charge in [0.1, 0.15) is 18.4 Å². The third kappa shape index (κ3) is 5.06. The molecule has 2 aromatic rings. The van der Waals surface area contributed by atoms with Crippen LogP contribution in [-0.4, -0.2) is 19.5 Å². The first-order valence-corrected chi connectivity index (χ1v) is 7.41. The van der Waals surface area contributed by atoms with Gasteiger partial charge in [0.2, 0.25) is 0 Å². The predicted molar refractivity (Wildman–Crippen MR) is 86.7 cm³/mol. The molecule has 0 radical (unpaired) electrons. The van der Waals surface area contributed by atoms with Gasteiger partial charge in [-0.25, -0.2) is 4.39 Å². The standard InChI is InChI=1S/C17H15ClFN3O/c1-22(10-12-3-2-4-14(19)7-12)11-17(23)21-15-6-5-13(9-20)16(18)8-15/h2-8H,10-11H2,1H3,(H,21,23)/p+1. The molecule has 0 fully saturated rings. The number of halogens is 2. The first-order chi connectivity index (χ1) is 11.0. The summed E-state index contributed by atoms with van der Waals surface area (Å²) in [5.74, 6) is -0.466. The Labute approximate surface area is 139 Å². The second-order valence-electron chi connectivity index (χ2n) is 5.30. The summed E-state index contributed by atoms with van der Waals surface area (Å²) in [5, 5.41) is 11.8. The van der Waals surface area contributed by atoms with Crippen molar-refractivity contribution in [3.8, 4) is 6.07 Å². The molecular weight excluding hydrogens is 317 g/mol. The summed E-state index contributed by atoms with van der Waals surface area (Å²) in [7, 11) is 1.86. The zero-order valence-electron chi connectivity index (χ0n) is 12.6. The number of nitriles is 1. The summed E-state index contributed by atoms with van der Waals surface area (Å²) in [6.45, 7) is 0.771. The maximum Gasteiger partial charge on any atom is 0.279 e. The highest BCUT2D eigenvalue weighted by molar-refractivity contribution is 6.32. The molecule has 0 saturated carbocycles. The van der Waals surface area contributed by atoms with Crippen LogP contribution in [0.4, 0.5) is 10.1 Å². The van der Waals surface area contributed by atoms with Crippen LogP contribution in [0.25, 0.3) is 0 Å². The number of hydrogen-bond acceptors (Lipinski definition) is 2. The van der Waals surface area contributed by atoms with Gasteiger partial charge in [0.05, 0.1) is 17.6 Å². The summed E-state index contributed by atoms with van der Waals surface area (Å²) >= 11 is 5.93. The second-order valence-corrected chi connectivity index (χ2v) is 5.70. The number of nitrogens with zero attached hydrogens (tertiary/aromatic N) is 1. The van der Waals surface area contributed by atoms with Gasteiger partial charge in [-0.05, 0) is 30.3 Å². The number of anilines is 1. The molecular formula is C17H16ClFN3O+. The number of nitrogens with one attached hydrogen (secondary N) is 2. The van der Waals surface area contributed by atoms with E-state index in [1.807, 2.05) is 19.2 Å². The van der Waals surface area contributed by atoms with Crippen molar-refractivity contribution in [1.82, 2.24) is 0 Å². The van der Waals surface area contributed by atoms with Crippen LogP contribution in [0.2, 0.25) is 5.02 Å². The maximum absolute atomic E-state index is 13.1. The number of amides is 1. The van der Waals surface area contributed by atoms with E-state index in [4.69, 9.17) is 16.9 Å². The van der Waals surface area contributed by atoms with E-state index >= 15 is 0 Å². The Balaban J connectivity index is 1.91. The van der Waals surface area contributed by atoms with E-state index < -0.39 is 0 Å². The number of hydrogen-bond donors (Lipinski definition) is 2. The van der Waals surface area contributed by atoms with Crippen LogP contribution >= 0.6 is 11.6 Å². The van der Waals surface area contributed by atoms with Crippen molar-refractivity contribution in [2.24, 2.45) is 0 Å². The fourth-order valence-corrected chi connectivity index (χ4v) is 2.44. The molecule has 2 aromatic carbocycles. The second kappa shape index (κ2) is 7.73. The quantitative estimate of drug-likeness (QED) is 0.880. The van der Waals surface area contributed by atoms with Gasteiger partial charge in [-0.1, -0.05) is 23.7 Å². The zero-order valence-corrected chi connectivity index (χ0v) is 13.3. The molecule has 0 spiro atoms. The number of rotatable bonds is 5. The highest BCUT2D eigenvalue weighted by Gasteiger charge is 2.12. The van der Waals surface area contributed by atoms with Gasteiger partial charge in [-0.15, -0.1) is 0 Å². The molecule has 6 heteroatoms. The average molecular weight is 333 g/mol. The van der Waals surface area contributed by atoms with Gasteiger partial charge in [-0.3, -0.25) is 4.79 Å². The number of benzene rings is 2. The maximum atomic E-state index is 13.1. The molecule has 0 heterocycles. The van der Waals surface area contributed by atoms with E-state index in [2.05, 4.69) is 5.32 Å². The van der Waals surface area contributed by atoms with E-state index in [9.17, 15) is 9.18 Å². The lowest BCUT2D eigenvalue weighted by Crippen LogP contribution is -3.08. The average Bonchev–Trinajstić information content (AvgIpc) is 2.47. The summed E-state index contributed by atoms with van der Waals surface area (Å²) in [6, 6.07) is 13.0. The van der Waals surface area contributed by atoms with Gasteiger partial charge < -0.3 is 10.2 Å².